The van der Waals surface area contributed by atoms with Gasteiger partial charge in [0, 0.05) is 10.4 Å². The molecule has 0 atom stereocenters. The number of esters is 1. The molecule has 4 nitrogen and oxygen atoms in total. The molecule has 0 bridgehead atoms. The quantitative estimate of drug-likeness (QED) is 0.525. The van der Waals surface area contributed by atoms with Gasteiger partial charge in [-0.25, -0.2) is 4.39 Å². The summed E-state index contributed by atoms with van der Waals surface area (Å²) in [5.41, 5.74) is 0.961. The number of hydrogen-bond acceptors (Lipinski definition) is 5. The summed E-state index contributed by atoms with van der Waals surface area (Å²) < 4.78 is 24.4. The molecule has 8 heteroatoms. The van der Waals surface area contributed by atoms with Crippen molar-refractivity contribution >= 4 is 58.5 Å². The number of halogens is 2. The molecule has 0 unspecified atom stereocenters. The molecule has 0 aliphatic heterocycles. The van der Waals surface area contributed by atoms with Gasteiger partial charge in [0.05, 0.1) is 10.8 Å². The average molecular weight is 362 g/mol. The molecule has 2 heterocycles. The first-order valence-corrected chi connectivity index (χ1v) is 7.44. The van der Waals surface area contributed by atoms with Crippen LogP contribution in [-0.2, 0) is 11.2 Å². The van der Waals surface area contributed by atoms with Crippen LogP contribution in [-0.4, -0.2) is 40.5 Å². The van der Waals surface area contributed by atoms with Gasteiger partial charge >= 0.3 is 35.5 Å². The summed E-state index contributed by atoms with van der Waals surface area (Å²) in [6.45, 7) is 0. The van der Waals surface area contributed by atoms with Crippen molar-refractivity contribution in [1.29, 1.82) is 0 Å². The van der Waals surface area contributed by atoms with E-state index in [1.807, 2.05) is 0 Å². The first-order valence-electron chi connectivity index (χ1n) is 6.25. The second-order valence-corrected chi connectivity index (χ2v) is 6.11. The molecule has 23 heavy (non-hydrogen) atoms. The van der Waals surface area contributed by atoms with Gasteiger partial charge in [0.15, 0.2) is 12.7 Å². The van der Waals surface area contributed by atoms with E-state index in [0.717, 1.165) is 11.3 Å². The molecule has 0 N–H and O–H groups in total. The number of ether oxygens (including phenoxy) is 1. The summed E-state index contributed by atoms with van der Waals surface area (Å²) >= 11 is 7.14. The summed E-state index contributed by atoms with van der Waals surface area (Å²) in [4.78, 5) is 16.1. The zero-order valence-corrected chi connectivity index (χ0v) is 12.7. The third-order valence-electron chi connectivity index (χ3n) is 2.85. The topological polar surface area (TPSA) is 52.3 Å². The predicted octanol–water partition coefficient (Wildman–Crippen LogP) is 3.70. The Bertz CT molecular complexity index is 807. The van der Waals surface area contributed by atoms with Crippen LogP contribution < -0.4 is 4.74 Å². The minimum absolute atomic E-state index is 0. The van der Waals surface area contributed by atoms with E-state index in [1.54, 1.807) is 24.3 Å². The number of carbonyl (C=O) groups is 1. The van der Waals surface area contributed by atoms with Crippen molar-refractivity contribution in [1.82, 2.24) is 4.98 Å². The molecule has 1 aromatic carbocycles. The predicted molar refractivity (Wildman–Crippen MR) is 87.7 cm³/mol. The van der Waals surface area contributed by atoms with E-state index in [0.29, 0.717) is 15.5 Å². The van der Waals surface area contributed by atoms with Crippen LogP contribution in [0, 0.1) is 5.82 Å². The van der Waals surface area contributed by atoms with Crippen LogP contribution in [0.3, 0.4) is 0 Å². The zero-order valence-electron chi connectivity index (χ0n) is 11.1. The van der Waals surface area contributed by atoms with E-state index in [4.69, 9.17) is 20.8 Å². The number of thiophene rings is 1. The Balaban J connectivity index is 0.00000192. The van der Waals surface area contributed by atoms with Gasteiger partial charge in [-0.05, 0) is 23.8 Å². The van der Waals surface area contributed by atoms with Gasteiger partial charge in [-0.3, -0.25) is 4.79 Å². The van der Waals surface area contributed by atoms with Crippen molar-refractivity contribution in [2.75, 3.05) is 0 Å². The van der Waals surface area contributed by atoms with Crippen molar-refractivity contribution in [3.05, 3.63) is 58.7 Å². The molecule has 0 spiro atoms. The summed E-state index contributed by atoms with van der Waals surface area (Å²) in [7, 11) is 0. The number of aromatic nitrogens is 1. The Kier molecular flexibility index (Phi) is 6.38. The molecule has 0 fully saturated rings. The molecule has 3 rings (SSSR count). The molecule has 0 aliphatic carbocycles. The van der Waals surface area contributed by atoms with Crippen LogP contribution in [0.1, 0.15) is 5.56 Å². The Morgan fingerprint density at radius 1 is 1.35 bits per heavy atom. The minimum atomic E-state index is -0.541. The van der Waals surface area contributed by atoms with E-state index in [2.05, 4.69) is 4.98 Å². The van der Waals surface area contributed by atoms with Gasteiger partial charge in [-0.1, -0.05) is 23.7 Å². The second-order valence-electron chi connectivity index (χ2n) is 4.40. The number of nitrogens with zero attached hydrogens (tertiary/aromatic N) is 1. The molecule has 0 saturated carbocycles. The molecule has 3 aromatic rings. The number of hydrogen-bond donors (Lipinski definition) is 0. The molecular formula is C15H10ClFNNaO3S. The first-order chi connectivity index (χ1) is 10.6. The fourth-order valence-corrected chi connectivity index (χ4v) is 2.97. The average Bonchev–Trinajstić information content (AvgIpc) is 3.10. The summed E-state index contributed by atoms with van der Waals surface area (Å²) in [5, 5.41) is 0. The standard InChI is InChI=1S/C15H9ClFNO3S.Na.H/c16-13-4-3-12(22-13)10-2-1-9(5-11(10)17)6-15(19)21-14-7-20-8-18-14;;/h1-5,7-8H,6H2;;. The monoisotopic (exact) mass is 361 g/mol. The molecule has 0 aliphatic rings. The van der Waals surface area contributed by atoms with Gasteiger partial charge in [0.25, 0.3) is 5.88 Å². The third-order valence-corrected chi connectivity index (χ3v) is 4.11. The van der Waals surface area contributed by atoms with E-state index < -0.39 is 11.8 Å². The van der Waals surface area contributed by atoms with Gasteiger partial charge in [0.2, 0.25) is 0 Å². The van der Waals surface area contributed by atoms with Crippen LogP contribution in [0.4, 0.5) is 4.39 Å². The summed E-state index contributed by atoms with van der Waals surface area (Å²) in [6.07, 6.45) is 2.31. The number of benzene rings is 1. The molecule has 0 saturated heterocycles. The summed E-state index contributed by atoms with van der Waals surface area (Å²) in [6, 6.07) is 8.08. The van der Waals surface area contributed by atoms with Gasteiger partial charge in [-0.2, -0.15) is 4.98 Å². The van der Waals surface area contributed by atoms with Crippen molar-refractivity contribution < 1.29 is 18.3 Å². The Labute approximate surface area is 162 Å². The fraction of sp³-hybridized carbons (Fsp3) is 0.0667. The van der Waals surface area contributed by atoms with Gasteiger partial charge in [0.1, 0.15) is 5.82 Å². The van der Waals surface area contributed by atoms with Crippen molar-refractivity contribution in [2.24, 2.45) is 0 Å². The normalized spacial score (nSPS) is 10.2. The van der Waals surface area contributed by atoms with E-state index in [-0.39, 0.29) is 41.9 Å². The Morgan fingerprint density at radius 3 is 2.78 bits per heavy atom. The maximum atomic E-state index is 14.2. The SMILES string of the molecule is O=C(Cc1ccc(-c2ccc(Cl)s2)c(F)c1)Oc1cocn1.[NaH]. The van der Waals surface area contributed by atoms with Crippen LogP contribution in [0.15, 0.2) is 47.4 Å². The molecule has 0 amide bonds. The Morgan fingerprint density at radius 2 is 2.17 bits per heavy atom. The first kappa shape index (κ1) is 18.2. The van der Waals surface area contributed by atoms with Crippen molar-refractivity contribution in [2.45, 2.75) is 6.42 Å². The number of rotatable bonds is 4. The van der Waals surface area contributed by atoms with Crippen LogP contribution in [0.5, 0.6) is 5.88 Å². The third kappa shape index (κ3) is 4.65. The molecule has 114 valence electrons. The number of carbonyl (C=O) groups excluding carboxylic acids is 1. The van der Waals surface area contributed by atoms with E-state index in [1.165, 1.54) is 23.7 Å². The van der Waals surface area contributed by atoms with E-state index >= 15 is 0 Å². The summed E-state index contributed by atoms with van der Waals surface area (Å²) in [5.74, 6) is -0.874. The molecule has 2 aromatic heterocycles. The van der Waals surface area contributed by atoms with Gasteiger partial charge < -0.3 is 9.15 Å². The number of oxazole rings is 1. The zero-order chi connectivity index (χ0) is 15.5. The maximum absolute atomic E-state index is 14.2. The molecule has 0 radical (unpaired) electrons. The van der Waals surface area contributed by atoms with Gasteiger partial charge in [-0.15, -0.1) is 11.3 Å². The van der Waals surface area contributed by atoms with Crippen molar-refractivity contribution in [3.8, 4) is 16.3 Å². The van der Waals surface area contributed by atoms with Crippen LogP contribution in [0.2, 0.25) is 4.34 Å². The van der Waals surface area contributed by atoms with Crippen molar-refractivity contribution in [3.63, 3.8) is 0 Å². The molecular weight excluding hydrogens is 352 g/mol. The van der Waals surface area contributed by atoms with Crippen LogP contribution >= 0.6 is 22.9 Å². The Hall–Kier alpha value is -1.18. The fourth-order valence-electron chi connectivity index (χ4n) is 1.90. The van der Waals surface area contributed by atoms with Crippen LogP contribution in [0.25, 0.3) is 10.4 Å². The van der Waals surface area contributed by atoms with E-state index in [9.17, 15) is 9.18 Å². The second kappa shape index (κ2) is 8.08.